The molecule has 0 heterocycles. The van der Waals surface area contributed by atoms with E-state index >= 15 is 0 Å². The zero-order valence-electron chi connectivity index (χ0n) is 14.7. The highest BCUT2D eigenvalue weighted by Crippen LogP contribution is 2.24. The predicted molar refractivity (Wildman–Crippen MR) is 92.1 cm³/mol. The van der Waals surface area contributed by atoms with Gasteiger partial charge in [-0.2, -0.15) is 0 Å². The first-order valence-electron chi connectivity index (χ1n) is 8.47. The molecular weight excluding hydrogens is 288 g/mol. The predicted octanol–water partition coefficient (Wildman–Crippen LogP) is 2.90. The Morgan fingerprint density at radius 2 is 1.78 bits per heavy atom. The van der Waals surface area contributed by atoms with Crippen molar-refractivity contribution in [1.82, 2.24) is 10.6 Å². The summed E-state index contributed by atoms with van der Waals surface area (Å²) in [7, 11) is 0. The molecule has 1 aromatic rings. The van der Waals surface area contributed by atoms with Gasteiger partial charge in [0, 0.05) is 5.41 Å². The summed E-state index contributed by atoms with van der Waals surface area (Å²) >= 11 is 0. The summed E-state index contributed by atoms with van der Waals surface area (Å²) < 4.78 is 0. The minimum atomic E-state index is -0.482. The second-order valence-electron chi connectivity index (χ2n) is 7.46. The van der Waals surface area contributed by atoms with Crippen LogP contribution in [0.5, 0.6) is 0 Å². The van der Waals surface area contributed by atoms with Crippen LogP contribution in [0.15, 0.2) is 18.2 Å². The first-order chi connectivity index (χ1) is 10.8. The van der Waals surface area contributed by atoms with Gasteiger partial charge in [-0.1, -0.05) is 39.0 Å². The molecule has 2 amide bonds. The van der Waals surface area contributed by atoms with Crippen molar-refractivity contribution in [2.45, 2.75) is 59.4 Å². The molecule has 0 radical (unpaired) electrons. The fourth-order valence-corrected chi connectivity index (χ4v) is 2.82. The second-order valence-corrected chi connectivity index (χ2v) is 7.46. The van der Waals surface area contributed by atoms with Gasteiger partial charge in [0.15, 0.2) is 0 Å². The van der Waals surface area contributed by atoms with E-state index in [0.717, 1.165) is 18.4 Å². The number of carbonyl (C=O) groups is 2. The lowest BCUT2D eigenvalue weighted by molar-refractivity contribution is -0.131. The summed E-state index contributed by atoms with van der Waals surface area (Å²) in [6, 6.07) is 6.45. The minimum Gasteiger partial charge on any atom is -0.348 e. The SMILES string of the molecule is CC(NC(=O)CNC(=O)C(C)(C)C)c1ccc2c(c1)CCCC2. The fraction of sp³-hybridized carbons (Fsp3) is 0.579. The fourth-order valence-electron chi connectivity index (χ4n) is 2.82. The number of hydrogen-bond acceptors (Lipinski definition) is 2. The molecule has 0 fully saturated rings. The normalized spacial score (nSPS) is 15.5. The molecule has 4 nitrogen and oxygen atoms in total. The van der Waals surface area contributed by atoms with E-state index in [2.05, 4.69) is 28.8 Å². The van der Waals surface area contributed by atoms with Crippen LogP contribution < -0.4 is 10.6 Å². The summed E-state index contributed by atoms with van der Waals surface area (Å²) in [6.07, 6.45) is 4.81. The van der Waals surface area contributed by atoms with Crippen molar-refractivity contribution in [3.8, 4) is 0 Å². The highest BCUT2D eigenvalue weighted by molar-refractivity contribution is 5.87. The van der Waals surface area contributed by atoms with E-state index < -0.39 is 5.41 Å². The Bertz CT molecular complexity index is 588. The van der Waals surface area contributed by atoms with Gasteiger partial charge in [-0.15, -0.1) is 0 Å². The Kier molecular flexibility index (Phi) is 5.45. The number of hydrogen-bond donors (Lipinski definition) is 2. The molecule has 0 bridgehead atoms. The molecule has 1 unspecified atom stereocenters. The average molecular weight is 316 g/mol. The molecule has 2 rings (SSSR count). The number of amides is 2. The first-order valence-corrected chi connectivity index (χ1v) is 8.47. The van der Waals surface area contributed by atoms with Crippen LogP contribution in [0.1, 0.15) is 63.3 Å². The largest absolute Gasteiger partial charge is 0.348 e. The maximum Gasteiger partial charge on any atom is 0.239 e. The Morgan fingerprint density at radius 1 is 1.13 bits per heavy atom. The van der Waals surface area contributed by atoms with Crippen molar-refractivity contribution in [3.63, 3.8) is 0 Å². The van der Waals surface area contributed by atoms with Crippen LogP contribution in [0.2, 0.25) is 0 Å². The molecule has 0 aliphatic heterocycles. The minimum absolute atomic E-state index is 0.0192. The molecule has 0 spiro atoms. The number of carbonyl (C=O) groups excluding carboxylic acids is 2. The molecule has 1 aliphatic carbocycles. The first kappa shape index (κ1) is 17.5. The quantitative estimate of drug-likeness (QED) is 0.897. The lowest BCUT2D eigenvalue weighted by Gasteiger charge is -2.21. The molecule has 0 saturated carbocycles. The topological polar surface area (TPSA) is 58.2 Å². The van der Waals surface area contributed by atoms with Crippen molar-refractivity contribution in [3.05, 3.63) is 34.9 Å². The zero-order chi connectivity index (χ0) is 17.0. The van der Waals surface area contributed by atoms with Crippen LogP contribution in [0.3, 0.4) is 0 Å². The third kappa shape index (κ3) is 4.81. The lowest BCUT2D eigenvalue weighted by atomic mass is 9.89. The maximum absolute atomic E-state index is 12.0. The smallest absolute Gasteiger partial charge is 0.239 e. The van der Waals surface area contributed by atoms with Crippen LogP contribution >= 0.6 is 0 Å². The molecule has 1 aromatic carbocycles. The molecule has 1 aliphatic rings. The van der Waals surface area contributed by atoms with E-state index in [4.69, 9.17) is 0 Å². The van der Waals surface area contributed by atoms with Crippen molar-refractivity contribution in [1.29, 1.82) is 0 Å². The van der Waals surface area contributed by atoms with E-state index in [9.17, 15) is 9.59 Å². The lowest BCUT2D eigenvalue weighted by Crippen LogP contribution is -2.42. The van der Waals surface area contributed by atoms with Crippen LogP contribution in [0.4, 0.5) is 0 Å². The number of rotatable bonds is 4. The molecule has 0 aromatic heterocycles. The third-order valence-corrected chi connectivity index (χ3v) is 4.34. The summed E-state index contributed by atoms with van der Waals surface area (Å²) in [6.45, 7) is 7.49. The number of fused-ring (bicyclic) bond motifs is 1. The van der Waals surface area contributed by atoms with Gasteiger partial charge >= 0.3 is 0 Å². The molecule has 4 heteroatoms. The van der Waals surface area contributed by atoms with Gasteiger partial charge in [0.25, 0.3) is 0 Å². The molecule has 1 atom stereocenters. The summed E-state index contributed by atoms with van der Waals surface area (Å²) in [5, 5.41) is 5.63. The molecule has 126 valence electrons. The molecule has 23 heavy (non-hydrogen) atoms. The van der Waals surface area contributed by atoms with E-state index in [0.29, 0.717) is 0 Å². The van der Waals surface area contributed by atoms with Crippen LogP contribution in [-0.2, 0) is 22.4 Å². The van der Waals surface area contributed by atoms with Crippen molar-refractivity contribution < 1.29 is 9.59 Å². The summed E-state index contributed by atoms with van der Waals surface area (Å²) in [5.41, 5.74) is 3.50. The van der Waals surface area contributed by atoms with Crippen LogP contribution in [0.25, 0.3) is 0 Å². The number of nitrogens with one attached hydrogen (secondary N) is 2. The van der Waals surface area contributed by atoms with Crippen molar-refractivity contribution >= 4 is 11.8 Å². The molecular formula is C19H28N2O2. The van der Waals surface area contributed by atoms with Gasteiger partial charge in [-0.3, -0.25) is 9.59 Å². The van der Waals surface area contributed by atoms with E-state index in [1.54, 1.807) is 0 Å². The van der Waals surface area contributed by atoms with E-state index in [-0.39, 0.29) is 24.4 Å². The maximum atomic E-state index is 12.0. The molecule has 0 saturated heterocycles. The van der Waals surface area contributed by atoms with Gasteiger partial charge in [-0.25, -0.2) is 0 Å². The Labute approximate surface area is 139 Å². The molecule has 2 N–H and O–H groups in total. The van der Waals surface area contributed by atoms with E-state index in [1.807, 2.05) is 27.7 Å². The second kappa shape index (κ2) is 7.16. The van der Waals surface area contributed by atoms with Gasteiger partial charge in [0.1, 0.15) is 0 Å². The van der Waals surface area contributed by atoms with Gasteiger partial charge in [-0.05, 0) is 49.3 Å². The summed E-state index contributed by atoms with van der Waals surface area (Å²) in [4.78, 5) is 23.8. The van der Waals surface area contributed by atoms with Crippen molar-refractivity contribution in [2.75, 3.05) is 6.54 Å². The van der Waals surface area contributed by atoms with Crippen LogP contribution in [0, 0.1) is 5.41 Å². The highest BCUT2D eigenvalue weighted by Gasteiger charge is 2.21. The average Bonchev–Trinajstić information content (AvgIpc) is 2.51. The summed E-state index contributed by atoms with van der Waals surface area (Å²) in [5.74, 6) is -0.276. The number of benzene rings is 1. The highest BCUT2D eigenvalue weighted by atomic mass is 16.2. The number of aryl methyl sites for hydroxylation is 2. The monoisotopic (exact) mass is 316 g/mol. The standard InChI is InChI=1S/C19H28N2O2/c1-13(21-17(22)12-20-18(23)19(2,3)4)15-10-9-14-7-5-6-8-16(14)11-15/h9-11,13H,5-8,12H2,1-4H3,(H,20,23)(H,21,22). The van der Waals surface area contributed by atoms with E-state index in [1.165, 1.54) is 24.0 Å². The Balaban J connectivity index is 1.90. The third-order valence-electron chi connectivity index (χ3n) is 4.34. The zero-order valence-corrected chi connectivity index (χ0v) is 14.7. The van der Waals surface area contributed by atoms with Gasteiger partial charge in [0.05, 0.1) is 12.6 Å². The van der Waals surface area contributed by atoms with Gasteiger partial charge < -0.3 is 10.6 Å². The van der Waals surface area contributed by atoms with Crippen LogP contribution in [-0.4, -0.2) is 18.4 Å². The Morgan fingerprint density at radius 3 is 2.43 bits per heavy atom. The van der Waals surface area contributed by atoms with Crippen molar-refractivity contribution in [2.24, 2.45) is 5.41 Å². The van der Waals surface area contributed by atoms with Gasteiger partial charge in [0.2, 0.25) is 11.8 Å². The Hall–Kier alpha value is -1.84.